The molecule has 0 atom stereocenters. The molecule has 0 saturated heterocycles. The first-order valence-electron chi connectivity index (χ1n) is 6.21. The molecule has 5 heteroatoms. The van der Waals surface area contributed by atoms with Gasteiger partial charge in [-0.3, -0.25) is 0 Å². The second-order valence-electron chi connectivity index (χ2n) is 4.28. The lowest BCUT2D eigenvalue weighted by Crippen LogP contribution is -2.28. The van der Waals surface area contributed by atoms with Crippen LogP contribution >= 0.6 is 0 Å². The smallest absolute Gasteiger partial charge is 0.319 e. The van der Waals surface area contributed by atoms with Crippen molar-refractivity contribution in [1.29, 1.82) is 0 Å². The van der Waals surface area contributed by atoms with Crippen LogP contribution in [0, 0.1) is 0 Å². The Bertz CT molecular complexity index is 582. The highest BCUT2D eigenvalue weighted by Crippen LogP contribution is 2.16. The zero-order chi connectivity index (χ0) is 14.4. The summed E-state index contributed by atoms with van der Waals surface area (Å²) in [7, 11) is 1.58. The van der Waals surface area contributed by atoms with Crippen LogP contribution in [0.15, 0.2) is 48.5 Å². The number of hydrogen-bond donors (Lipinski definition) is 3. The summed E-state index contributed by atoms with van der Waals surface area (Å²) in [5.41, 5.74) is 7.97. The van der Waals surface area contributed by atoms with Gasteiger partial charge in [-0.25, -0.2) is 4.79 Å². The van der Waals surface area contributed by atoms with E-state index in [0.29, 0.717) is 23.7 Å². The van der Waals surface area contributed by atoms with Gasteiger partial charge in [-0.15, -0.1) is 0 Å². The van der Waals surface area contributed by atoms with Crippen LogP contribution in [0.5, 0.6) is 5.75 Å². The predicted octanol–water partition coefficient (Wildman–Crippen LogP) is 2.60. The van der Waals surface area contributed by atoms with Gasteiger partial charge in [0.1, 0.15) is 5.75 Å². The maximum Gasteiger partial charge on any atom is 0.319 e. The second-order valence-corrected chi connectivity index (χ2v) is 4.28. The number of urea groups is 1. The van der Waals surface area contributed by atoms with Gasteiger partial charge in [0.15, 0.2) is 0 Å². The third-order valence-corrected chi connectivity index (χ3v) is 2.76. The molecule has 0 radical (unpaired) electrons. The third-order valence-electron chi connectivity index (χ3n) is 2.76. The molecule has 0 aromatic heterocycles. The Hall–Kier alpha value is -2.69. The molecule has 0 unspecified atom stereocenters. The number of amides is 2. The fourth-order valence-electron chi connectivity index (χ4n) is 1.69. The standard InChI is InChI=1S/C15H17N3O2/c1-20-14-4-2-3-13(9-14)18-15(19)17-10-11-5-7-12(16)8-6-11/h2-9H,10,16H2,1H3,(H2,17,18,19). The van der Waals surface area contributed by atoms with Crippen LogP contribution in [0.4, 0.5) is 16.2 Å². The summed E-state index contributed by atoms with van der Waals surface area (Å²) >= 11 is 0. The molecule has 2 aromatic rings. The number of anilines is 2. The summed E-state index contributed by atoms with van der Waals surface area (Å²) < 4.78 is 5.09. The highest BCUT2D eigenvalue weighted by atomic mass is 16.5. The van der Waals surface area contributed by atoms with Crippen molar-refractivity contribution in [3.05, 3.63) is 54.1 Å². The van der Waals surface area contributed by atoms with Crippen LogP contribution in [-0.2, 0) is 6.54 Å². The van der Waals surface area contributed by atoms with Crippen molar-refractivity contribution in [3.8, 4) is 5.75 Å². The molecule has 5 nitrogen and oxygen atoms in total. The molecule has 2 amide bonds. The van der Waals surface area contributed by atoms with Crippen LogP contribution in [-0.4, -0.2) is 13.1 Å². The van der Waals surface area contributed by atoms with Gasteiger partial charge >= 0.3 is 6.03 Å². The Labute approximate surface area is 117 Å². The Kier molecular flexibility index (Phi) is 4.44. The SMILES string of the molecule is COc1cccc(NC(=O)NCc2ccc(N)cc2)c1. The van der Waals surface area contributed by atoms with E-state index in [2.05, 4.69) is 10.6 Å². The zero-order valence-corrected chi connectivity index (χ0v) is 11.2. The number of carbonyl (C=O) groups is 1. The van der Waals surface area contributed by atoms with Crippen molar-refractivity contribution in [2.75, 3.05) is 18.2 Å². The Morgan fingerprint density at radius 2 is 1.95 bits per heavy atom. The summed E-state index contributed by atoms with van der Waals surface area (Å²) in [6, 6.07) is 14.3. The average molecular weight is 271 g/mol. The molecule has 0 aliphatic heterocycles. The van der Waals surface area contributed by atoms with E-state index in [9.17, 15) is 4.79 Å². The molecule has 0 bridgehead atoms. The maximum absolute atomic E-state index is 11.8. The minimum absolute atomic E-state index is 0.268. The fourth-order valence-corrected chi connectivity index (χ4v) is 1.69. The first kappa shape index (κ1) is 13.7. The normalized spacial score (nSPS) is 9.85. The van der Waals surface area contributed by atoms with Crippen molar-refractivity contribution in [1.82, 2.24) is 5.32 Å². The average Bonchev–Trinajstić information content (AvgIpc) is 2.47. The van der Waals surface area contributed by atoms with Crippen LogP contribution in [0.2, 0.25) is 0 Å². The van der Waals surface area contributed by atoms with E-state index in [0.717, 1.165) is 5.56 Å². The fraction of sp³-hybridized carbons (Fsp3) is 0.133. The van der Waals surface area contributed by atoms with Gasteiger partial charge in [0, 0.05) is 24.0 Å². The largest absolute Gasteiger partial charge is 0.497 e. The number of nitrogens with one attached hydrogen (secondary N) is 2. The molecular formula is C15H17N3O2. The number of rotatable bonds is 4. The second kappa shape index (κ2) is 6.47. The van der Waals surface area contributed by atoms with Gasteiger partial charge < -0.3 is 21.1 Å². The number of nitrogen functional groups attached to an aromatic ring is 1. The number of nitrogens with two attached hydrogens (primary N) is 1. The molecule has 2 rings (SSSR count). The van der Waals surface area contributed by atoms with E-state index in [-0.39, 0.29) is 6.03 Å². The Morgan fingerprint density at radius 3 is 2.65 bits per heavy atom. The Morgan fingerprint density at radius 1 is 1.20 bits per heavy atom. The first-order valence-corrected chi connectivity index (χ1v) is 6.21. The highest BCUT2D eigenvalue weighted by molar-refractivity contribution is 5.89. The lowest BCUT2D eigenvalue weighted by molar-refractivity contribution is 0.251. The van der Waals surface area contributed by atoms with Crippen LogP contribution < -0.4 is 21.1 Å². The molecule has 0 aliphatic rings. The predicted molar refractivity (Wildman–Crippen MR) is 79.7 cm³/mol. The summed E-state index contributed by atoms with van der Waals surface area (Å²) in [5, 5.41) is 5.52. The summed E-state index contributed by atoms with van der Waals surface area (Å²) in [6.07, 6.45) is 0. The van der Waals surface area contributed by atoms with Gasteiger partial charge in [0.2, 0.25) is 0 Å². The van der Waals surface area contributed by atoms with E-state index < -0.39 is 0 Å². The van der Waals surface area contributed by atoms with Crippen molar-refractivity contribution < 1.29 is 9.53 Å². The quantitative estimate of drug-likeness (QED) is 0.748. The highest BCUT2D eigenvalue weighted by Gasteiger charge is 2.02. The molecule has 104 valence electrons. The van der Waals surface area contributed by atoms with Crippen molar-refractivity contribution in [3.63, 3.8) is 0 Å². The van der Waals surface area contributed by atoms with Crippen molar-refractivity contribution in [2.45, 2.75) is 6.54 Å². The molecule has 4 N–H and O–H groups in total. The topological polar surface area (TPSA) is 76.4 Å². The molecule has 0 fully saturated rings. The van der Waals surface area contributed by atoms with Gasteiger partial charge in [-0.05, 0) is 29.8 Å². The number of ether oxygens (including phenoxy) is 1. The zero-order valence-electron chi connectivity index (χ0n) is 11.2. The molecule has 0 spiro atoms. The van der Waals surface area contributed by atoms with E-state index in [1.165, 1.54) is 0 Å². The minimum atomic E-state index is -0.268. The Balaban J connectivity index is 1.87. The monoisotopic (exact) mass is 271 g/mol. The summed E-state index contributed by atoms with van der Waals surface area (Å²) in [5.74, 6) is 0.696. The van der Waals surface area contributed by atoms with E-state index >= 15 is 0 Å². The van der Waals surface area contributed by atoms with Gasteiger partial charge in [-0.2, -0.15) is 0 Å². The molecule has 0 heterocycles. The minimum Gasteiger partial charge on any atom is -0.497 e. The van der Waals surface area contributed by atoms with E-state index in [1.807, 2.05) is 24.3 Å². The summed E-state index contributed by atoms with van der Waals surface area (Å²) in [4.78, 5) is 11.8. The molecular weight excluding hydrogens is 254 g/mol. The van der Waals surface area contributed by atoms with E-state index in [4.69, 9.17) is 10.5 Å². The molecule has 0 saturated carbocycles. The molecule has 20 heavy (non-hydrogen) atoms. The number of hydrogen-bond acceptors (Lipinski definition) is 3. The van der Waals surface area contributed by atoms with Gasteiger partial charge in [0.25, 0.3) is 0 Å². The number of methoxy groups -OCH3 is 1. The van der Waals surface area contributed by atoms with Crippen LogP contribution in [0.3, 0.4) is 0 Å². The van der Waals surface area contributed by atoms with Gasteiger partial charge in [0.05, 0.1) is 7.11 Å². The van der Waals surface area contributed by atoms with Crippen LogP contribution in [0.1, 0.15) is 5.56 Å². The first-order chi connectivity index (χ1) is 9.67. The lowest BCUT2D eigenvalue weighted by Gasteiger charge is -2.09. The molecule has 0 aliphatic carbocycles. The van der Waals surface area contributed by atoms with Crippen molar-refractivity contribution >= 4 is 17.4 Å². The van der Waals surface area contributed by atoms with Crippen LogP contribution in [0.25, 0.3) is 0 Å². The van der Waals surface area contributed by atoms with E-state index in [1.54, 1.807) is 31.4 Å². The maximum atomic E-state index is 11.8. The number of benzene rings is 2. The lowest BCUT2D eigenvalue weighted by atomic mass is 10.2. The number of carbonyl (C=O) groups excluding carboxylic acids is 1. The summed E-state index contributed by atoms with van der Waals surface area (Å²) in [6.45, 7) is 0.441. The van der Waals surface area contributed by atoms with Gasteiger partial charge in [-0.1, -0.05) is 18.2 Å². The van der Waals surface area contributed by atoms with Crippen molar-refractivity contribution in [2.24, 2.45) is 0 Å². The molecule has 2 aromatic carbocycles. The third kappa shape index (κ3) is 3.91.